The monoisotopic (exact) mass is 634 g/mol. The standard InChI is InChI=1S/C30H39IN2O5/c1-7-9-33-19-12-29(3,4)14-21(34)26(19)25(27-20(33)13-30(5,6)15-22(27)35)17-10-18(31)28(38-16-24(32)36)23(11-17)37-8-2/h10-11,25H,7-9,12-16H2,1-6H3,(H2,32,36). The summed E-state index contributed by atoms with van der Waals surface area (Å²) in [6.45, 7) is 13.5. The Balaban J connectivity index is 1.98. The Hall–Kier alpha value is -2.36. The van der Waals surface area contributed by atoms with Gasteiger partial charge in [-0.05, 0) is 77.3 Å². The Morgan fingerprint density at radius 3 is 2.00 bits per heavy atom. The van der Waals surface area contributed by atoms with E-state index < -0.39 is 11.8 Å². The maximum absolute atomic E-state index is 13.9. The van der Waals surface area contributed by atoms with Gasteiger partial charge in [0.15, 0.2) is 29.7 Å². The summed E-state index contributed by atoms with van der Waals surface area (Å²) in [5.74, 6) is 0.0866. The number of hydrogen-bond donors (Lipinski definition) is 1. The van der Waals surface area contributed by atoms with E-state index in [9.17, 15) is 14.4 Å². The number of ketones is 2. The number of halogens is 1. The lowest BCUT2D eigenvalue weighted by molar-refractivity contribution is -0.121. The van der Waals surface area contributed by atoms with Crippen molar-refractivity contribution in [3.8, 4) is 11.5 Å². The first-order valence-electron chi connectivity index (χ1n) is 13.5. The molecule has 3 aliphatic rings. The molecule has 0 radical (unpaired) electrons. The number of ether oxygens (including phenoxy) is 2. The van der Waals surface area contributed by atoms with Crippen molar-refractivity contribution in [3.63, 3.8) is 0 Å². The summed E-state index contributed by atoms with van der Waals surface area (Å²) < 4.78 is 12.4. The fourth-order valence-electron chi connectivity index (χ4n) is 6.18. The summed E-state index contributed by atoms with van der Waals surface area (Å²) in [4.78, 5) is 41.5. The van der Waals surface area contributed by atoms with E-state index in [-0.39, 0.29) is 29.0 Å². The van der Waals surface area contributed by atoms with Crippen LogP contribution in [0.1, 0.15) is 85.1 Å². The number of Topliss-reactive ketones (excluding diaryl/α,β-unsaturated/α-hetero) is 2. The summed E-state index contributed by atoms with van der Waals surface area (Å²) >= 11 is 2.16. The van der Waals surface area contributed by atoms with Crippen molar-refractivity contribution in [3.05, 3.63) is 43.8 Å². The van der Waals surface area contributed by atoms with Gasteiger partial charge in [0.2, 0.25) is 0 Å². The highest BCUT2D eigenvalue weighted by Gasteiger charge is 2.49. The first-order chi connectivity index (χ1) is 17.8. The van der Waals surface area contributed by atoms with Gasteiger partial charge in [-0.3, -0.25) is 14.4 Å². The second-order valence-corrected chi connectivity index (χ2v) is 13.4. The summed E-state index contributed by atoms with van der Waals surface area (Å²) in [5.41, 5.74) is 9.45. The fraction of sp³-hybridized carbons (Fsp3) is 0.567. The van der Waals surface area contributed by atoms with Gasteiger partial charge in [0.05, 0.1) is 10.2 Å². The molecular weight excluding hydrogens is 595 g/mol. The average Bonchev–Trinajstić information content (AvgIpc) is 2.77. The molecule has 8 heteroatoms. The fourth-order valence-corrected chi connectivity index (χ4v) is 6.96. The number of amides is 1. The number of allylic oxidation sites excluding steroid dienone is 4. The number of carbonyl (C=O) groups excluding carboxylic acids is 3. The summed E-state index contributed by atoms with van der Waals surface area (Å²) in [7, 11) is 0. The van der Waals surface area contributed by atoms with Crippen LogP contribution in [0.2, 0.25) is 0 Å². The van der Waals surface area contributed by atoms with Gasteiger partial charge in [0.25, 0.3) is 5.91 Å². The molecule has 4 rings (SSSR count). The van der Waals surface area contributed by atoms with E-state index in [0.717, 1.165) is 57.5 Å². The molecule has 2 aliphatic carbocycles. The predicted octanol–water partition coefficient (Wildman–Crippen LogP) is 5.65. The van der Waals surface area contributed by atoms with Crippen molar-refractivity contribution in [2.24, 2.45) is 16.6 Å². The lowest BCUT2D eigenvalue weighted by Gasteiger charge is -2.49. The maximum Gasteiger partial charge on any atom is 0.255 e. The highest BCUT2D eigenvalue weighted by molar-refractivity contribution is 14.1. The van der Waals surface area contributed by atoms with E-state index in [1.165, 1.54) is 0 Å². The minimum atomic E-state index is -0.578. The van der Waals surface area contributed by atoms with Crippen LogP contribution in [0.15, 0.2) is 34.7 Å². The van der Waals surface area contributed by atoms with Crippen molar-refractivity contribution in [1.82, 2.24) is 4.90 Å². The molecule has 2 N–H and O–H groups in total. The van der Waals surface area contributed by atoms with Crippen LogP contribution in [0.3, 0.4) is 0 Å². The number of rotatable bonds is 8. The molecule has 0 fully saturated rings. The largest absolute Gasteiger partial charge is 0.490 e. The molecule has 206 valence electrons. The van der Waals surface area contributed by atoms with Crippen LogP contribution in [0.4, 0.5) is 0 Å². The van der Waals surface area contributed by atoms with Gasteiger partial charge in [-0.1, -0.05) is 34.6 Å². The van der Waals surface area contributed by atoms with Gasteiger partial charge in [0, 0.05) is 47.8 Å². The first-order valence-corrected chi connectivity index (χ1v) is 14.5. The lowest BCUT2D eigenvalue weighted by atomic mass is 9.63. The topological polar surface area (TPSA) is 98.9 Å². The zero-order valence-corrected chi connectivity index (χ0v) is 25.5. The second-order valence-electron chi connectivity index (χ2n) is 12.2. The summed E-state index contributed by atoms with van der Waals surface area (Å²) in [5, 5.41) is 0. The highest BCUT2D eigenvalue weighted by Crippen LogP contribution is 2.55. The third-order valence-electron chi connectivity index (χ3n) is 7.49. The molecule has 1 heterocycles. The van der Waals surface area contributed by atoms with Crippen LogP contribution in [0.25, 0.3) is 0 Å². The maximum atomic E-state index is 13.9. The predicted molar refractivity (Wildman–Crippen MR) is 155 cm³/mol. The normalized spacial score (nSPS) is 20.9. The summed E-state index contributed by atoms with van der Waals surface area (Å²) in [6.07, 6.45) is 3.37. The van der Waals surface area contributed by atoms with Gasteiger partial charge in [0.1, 0.15) is 0 Å². The molecule has 0 spiro atoms. The quantitative estimate of drug-likeness (QED) is 0.372. The van der Waals surface area contributed by atoms with Crippen LogP contribution < -0.4 is 15.2 Å². The summed E-state index contributed by atoms with van der Waals surface area (Å²) in [6, 6.07) is 3.83. The lowest BCUT2D eigenvalue weighted by Crippen LogP contribution is -2.44. The molecule has 1 aromatic carbocycles. The number of nitrogens with two attached hydrogens (primary N) is 1. The third kappa shape index (κ3) is 5.51. The average molecular weight is 635 g/mol. The van der Waals surface area contributed by atoms with Gasteiger partial charge in [-0.25, -0.2) is 0 Å². The Labute approximate surface area is 239 Å². The van der Waals surface area contributed by atoms with Crippen LogP contribution >= 0.6 is 22.6 Å². The highest BCUT2D eigenvalue weighted by atomic mass is 127. The molecule has 0 saturated carbocycles. The van der Waals surface area contributed by atoms with Crippen LogP contribution in [0, 0.1) is 14.4 Å². The van der Waals surface area contributed by atoms with Crippen molar-refractivity contribution in [2.45, 2.75) is 79.6 Å². The van der Waals surface area contributed by atoms with E-state index in [4.69, 9.17) is 15.2 Å². The molecular formula is C30H39IN2O5. The molecule has 1 aliphatic heterocycles. The van der Waals surface area contributed by atoms with Crippen LogP contribution in [-0.2, 0) is 14.4 Å². The number of primary amides is 1. The van der Waals surface area contributed by atoms with Gasteiger partial charge in [-0.2, -0.15) is 0 Å². The molecule has 0 saturated heterocycles. The number of hydrogen-bond acceptors (Lipinski definition) is 6. The third-order valence-corrected chi connectivity index (χ3v) is 8.29. The van der Waals surface area contributed by atoms with E-state index >= 15 is 0 Å². The van der Waals surface area contributed by atoms with E-state index in [1.54, 1.807) is 0 Å². The van der Waals surface area contributed by atoms with Crippen LogP contribution in [-0.4, -0.2) is 42.1 Å². The molecule has 0 atom stereocenters. The molecule has 38 heavy (non-hydrogen) atoms. The van der Waals surface area contributed by atoms with Gasteiger partial charge < -0.3 is 20.1 Å². The zero-order valence-electron chi connectivity index (χ0n) is 23.3. The Kier molecular flexibility index (Phi) is 8.04. The SMILES string of the molecule is CCCN1C2=C(C(=O)CC(C)(C)C2)C(c2cc(I)c(OCC(N)=O)c(OCC)c2)C2=C1CC(C)(C)CC2=O. The van der Waals surface area contributed by atoms with E-state index in [1.807, 2.05) is 19.1 Å². The minimum absolute atomic E-state index is 0.105. The Bertz CT molecular complexity index is 1190. The number of nitrogens with zero attached hydrogens (tertiary/aromatic N) is 1. The van der Waals surface area contributed by atoms with Crippen molar-refractivity contribution in [1.29, 1.82) is 0 Å². The molecule has 1 amide bonds. The van der Waals surface area contributed by atoms with Crippen molar-refractivity contribution >= 4 is 40.1 Å². The smallest absolute Gasteiger partial charge is 0.255 e. The van der Waals surface area contributed by atoms with Gasteiger partial charge >= 0.3 is 0 Å². The second kappa shape index (κ2) is 10.7. The Morgan fingerprint density at radius 2 is 1.53 bits per heavy atom. The van der Waals surface area contributed by atoms with Gasteiger partial charge in [-0.15, -0.1) is 0 Å². The molecule has 0 bridgehead atoms. The molecule has 7 nitrogen and oxygen atoms in total. The first kappa shape index (κ1) is 28.6. The molecule has 0 unspecified atom stereocenters. The van der Waals surface area contributed by atoms with Crippen molar-refractivity contribution < 1.29 is 23.9 Å². The number of carbonyl (C=O) groups is 3. The zero-order chi connectivity index (χ0) is 28.0. The van der Waals surface area contributed by atoms with E-state index in [2.05, 4.69) is 62.1 Å². The molecule has 1 aromatic rings. The Morgan fingerprint density at radius 1 is 0.974 bits per heavy atom. The molecule has 0 aromatic heterocycles. The minimum Gasteiger partial charge on any atom is -0.490 e. The van der Waals surface area contributed by atoms with Crippen molar-refractivity contribution in [2.75, 3.05) is 19.8 Å². The number of benzene rings is 1. The van der Waals surface area contributed by atoms with E-state index in [0.29, 0.717) is 30.9 Å². The van der Waals surface area contributed by atoms with Crippen LogP contribution in [0.5, 0.6) is 11.5 Å².